The monoisotopic (exact) mass is 352 g/mol. The van der Waals surface area contributed by atoms with E-state index in [1.165, 1.54) is 0 Å². The highest BCUT2D eigenvalue weighted by atomic mass is 16.5. The predicted molar refractivity (Wildman–Crippen MR) is 104 cm³/mol. The molecule has 1 aromatic carbocycles. The largest absolute Gasteiger partial charge is 0.457 e. The SMILES string of the molecule is CC1(C)CC(CC(=O)c2ccc(Oc3ccncc3)cc2)CC(C)(C)N1. The first-order chi connectivity index (χ1) is 12.2. The Labute approximate surface area is 156 Å². The molecule has 1 saturated heterocycles. The maximum atomic E-state index is 12.7. The molecule has 1 aliphatic heterocycles. The number of ketones is 1. The second-order valence-electron chi connectivity index (χ2n) is 8.60. The number of hydrogen-bond acceptors (Lipinski definition) is 4. The number of rotatable bonds is 5. The summed E-state index contributed by atoms with van der Waals surface area (Å²) >= 11 is 0. The van der Waals surface area contributed by atoms with Crippen molar-refractivity contribution in [1.29, 1.82) is 0 Å². The van der Waals surface area contributed by atoms with Crippen LogP contribution < -0.4 is 10.1 Å². The van der Waals surface area contributed by atoms with E-state index in [4.69, 9.17) is 4.74 Å². The summed E-state index contributed by atoms with van der Waals surface area (Å²) in [4.78, 5) is 16.7. The molecular formula is C22H28N2O2. The van der Waals surface area contributed by atoms with Gasteiger partial charge in [-0.2, -0.15) is 0 Å². The number of pyridine rings is 1. The van der Waals surface area contributed by atoms with Gasteiger partial charge < -0.3 is 10.1 Å². The lowest BCUT2D eigenvalue weighted by Crippen LogP contribution is -2.57. The Morgan fingerprint density at radius 2 is 1.54 bits per heavy atom. The van der Waals surface area contributed by atoms with Gasteiger partial charge in [-0.1, -0.05) is 0 Å². The number of benzene rings is 1. The molecule has 0 bridgehead atoms. The molecule has 4 nitrogen and oxygen atoms in total. The number of ether oxygens (including phenoxy) is 1. The van der Waals surface area contributed by atoms with Gasteiger partial charge in [-0.05, 0) is 82.9 Å². The molecule has 4 heteroatoms. The zero-order valence-electron chi connectivity index (χ0n) is 16.1. The molecule has 0 radical (unpaired) electrons. The highest BCUT2D eigenvalue weighted by molar-refractivity contribution is 5.96. The molecule has 0 spiro atoms. The first-order valence-electron chi connectivity index (χ1n) is 9.23. The third-order valence-corrected chi connectivity index (χ3v) is 4.81. The van der Waals surface area contributed by atoms with Gasteiger partial charge in [0.25, 0.3) is 0 Å². The Morgan fingerprint density at radius 3 is 2.12 bits per heavy atom. The fourth-order valence-electron chi connectivity index (χ4n) is 4.31. The van der Waals surface area contributed by atoms with Gasteiger partial charge in [0.2, 0.25) is 0 Å². The van der Waals surface area contributed by atoms with Crippen molar-refractivity contribution in [2.24, 2.45) is 5.92 Å². The van der Waals surface area contributed by atoms with Crippen LogP contribution in [0.25, 0.3) is 0 Å². The minimum absolute atomic E-state index is 0.0644. The molecule has 0 unspecified atom stereocenters. The molecule has 0 amide bonds. The van der Waals surface area contributed by atoms with Crippen LogP contribution in [0.15, 0.2) is 48.8 Å². The second kappa shape index (κ2) is 7.20. The Morgan fingerprint density at radius 1 is 1.00 bits per heavy atom. The van der Waals surface area contributed by atoms with Gasteiger partial charge in [0.05, 0.1) is 0 Å². The molecule has 138 valence electrons. The van der Waals surface area contributed by atoms with E-state index in [0.717, 1.165) is 29.9 Å². The number of piperidine rings is 1. The molecule has 1 N–H and O–H groups in total. The van der Waals surface area contributed by atoms with Crippen LogP contribution in [0.1, 0.15) is 57.3 Å². The van der Waals surface area contributed by atoms with E-state index in [1.54, 1.807) is 24.5 Å². The van der Waals surface area contributed by atoms with Crippen LogP contribution in [0.4, 0.5) is 0 Å². The molecule has 1 aliphatic rings. The summed E-state index contributed by atoms with van der Waals surface area (Å²) in [5.74, 6) is 2.07. The minimum atomic E-state index is 0.0644. The van der Waals surface area contributed by atoms with Crippen molar-refractivity contribution in [1.82, 2.24) is 10.3 Å². The molecular weight excluding hydrogens is 324 g/mol. The summed E-state index contributed by atoms with van der Waals surface area (Å²) in [5, 5.41) is 3.67. The zero-order chi connectivity index (χ0) is 18.8. The fourth-order valence-corrected chi connectivity index (χ4v) is 4.31. The van der Waals surface area contributed by atoms with E-state index in [0.29, 0.717) is 12.3 Å². The molecule has 0 atom stereocenters. The molecule has 2 heterocycles. The lowest BCUT2D eigenvalue weighted by Gasteiger charge is -2.46. The van der Waals surface area contributed by atoms with Gasteiger partial charge >= 0.3 is 0 Å². The first-order valence-corrected chi connectivity index (χ1v) is 9.23. The molecule has 2 aromatic rings. The van der Waals surface area contributed by atoms with Gasteiger partial charge in [0.1, 0.15) is 11.5 Å². The molecule has 1 fully saturated rings. The summed E-state index contributed by atoms with van der Waals surface area (Å²) in [6.45, 7) is 8.88. The van der Waals surface area contributed by atoms with Crippen molar-refractivity contribution >= 4 is 5.78 Å². The van der Waals surface area contributed by atoms with Crippen LogP contribution in [-0.2, 0) is 0 Å². The number of carbonyl (C=O) groups is 1. The van der Waals surface area contributed by atoms with Crippen LogP contribution in [0.2, 0.25) is 0 Å². The van der Waals surface area contributed by atoms with Crippen LogP contribution >= 0.6 is 0 Å². The van der Waals surface area contributed by atoms with Crippen molar-refractivity contribution in [3.8, 4) is 11.5 Å². The molecule has 3 rings (SSSR count). The minimum Gasteiger partial charge on any atom is -0.457 e. The molecule has 26 heavy (non-hydrogen) atoms. The average Bonchev–Trinajstić information content (AvgIpc) is 2.53. The van der Waals surface area contributed by atoms with Crippen molar-refractivity contribution in [2.45, 2.75) is 58.0 Å². The highest BCUT2D eigenvalue weighted by Crippen LogP contribution is 2.35. The quantitative estimate of drug-likeness (QED) is 0.769. The Kier molecular flexibility index (Phi) is 5.15. The van der Waals surface area contributed by atoms with Crippen molar-refractivity contribution in [3.63, 3.8) is 0 Å². The second-order valence-corrected chi connectivity index (χ2v) is 8.60. The van der Waals surface area contributed by atoms with Crippen LogP contribution in [0, 0.1) is 5.92 Å². The number of nitrogens with zero attached hydrogens (tertiary/aromatic N) is 1. The van der Waals surface area contributed by atoms with E-state index in [9.17, 15) is 4.79 Å². The maximum absolute atomic E-state index is 12.7. The van der Waals surface area contributed by atoms with Crippen LogP contribution in [0.3, 0.4) is 0 Å². The zero-order valence-corrected chi connectivity index (χ0v) is 16.1. The van der Waals surface area contributed by atoms with Gasteiger partial charge in [0.15, 0.2) is 5.78 Å². The fraction of sp³-hybridized carbons (Fsp3) is 0.455. The molecule has 0 aliphatic carbocycles. The number of nitrogens with one attached hydrogen (secondary N) is 1. The lowest BCUT2D eigenvalue weighted by atomic mass is 9.74. The normalized spacial score (nSPS) is 19.1. The smallest absolute Gasteiger partial charge is 0.163 e. The summed E-state index contributed by atoms with van der Waals surface area (Å²) in [6, 6.07) is 11.0. The lowest BCUT2D eigenvalue weighted by molar-refractivity contribution is 0.0864. The Hall–Kier alpha value is -2.20. The summed E-state index contributed by atoms with van der Waals surface area (Å²) in [7, 11) is 0. The number of carbonyl (C=O) groups excluding carboxylic acids is 1. The van der Waals surface area contributed by atoms with Gasteiger partial charge in [-0.15, -0.1) is 0 Å². The standard InChI is InChI=1S/C22H28N2O2/c1-21(2)14-16(15-22(3,4)24-21)13-20(25)17-5-7-18(8-6-17)26-19-9-11-23-12-10-19/h5-12,16,24H,13-15H2,1-4H3. The Balaban J connectivity index is 1.63. The predicted octanol–water partition coefficient (Wildman–Crippen LogP) is 5.00. The number of Topliss-reactive ketones (excluding diaryl/α,β-unsaturated/α-hetero) is 1. The summed E-state index contributed by atoms with van der Waals surface area (Å²) in [5.41, 5.74) is 0.880. The first kappa shape index (κ1) is 18.6. The van der Waals surface area contributed by atoms with Crippen LogP contribution in [0.5, 0.6) is 11.5 Å². The van der Waals surface area contributed by atoms with Gasteiger partial charge in [-0.25, -0.2) is 0 Å². The van der Waals surface area contributed by atoms with E-state index in [-0.39, 0.29) is 16.9 Å². The third kappa shape index (κ3) is 4.92. The van der Waals surface area contributed by atoms with Crippen molar-refractivity contribution in [2.75, 3.05) is 0 Å². The number of aromatic nitrogens is 1. The average molecular weight is 352 g/mol. The third-order valence-electron chi connectivity index (χ3n) is 4.81. The topological polar surface area (TPSA) is 51.2 Å². The Bertz CT molecular complexity index is 735. The van der Waals surface area contributed by atoms with Crippen LogP contribution in [-0.4, -0.2) is 21.8 Å². The maximum Gasteiger partial charge on any atom is 0.163 e. The summed E-state index contributed by atoms with van der Waals surface area (Å²) < 4.78 is 5.76. The van der Waals surface area contributed by atoms with E-state index < -0.39 is 0 Å². The van der Waals surface area contributed by atoms with E-state index >= 15 is 0 Å². The van der Waals surface area contributed by atoms with Gasteiger partial charge in [-0.3, -0.25) is 9.78 Å². The van der Waals surface area contributed by atoms with Gasteiger partial charge in [0, 0.05) is 35.5 Å². The summed E-state index contributed by atoms with van der Waals surface area (Å²) in [6.07, 6.45) is 6.01. The van der Waals surface area contributed by atoms with E-state index in [2.05, 4.69) is 38.0 Å². The van der Waals surface area contributed by atoms with Crippen molar-refractivity contribution in [3.05, 3.63) is 54.4 Å². The van der Waals surface area contributed by atoms with E-state index in [1.807, 2.05) is 24.3 Å². The number of hydrogen-bond donors (Lipinski definition) is 1. The molecule has 1 aromatic heterocycles. The van der Waals surface area contributed by atoms with Crippen molar-refractivity contribution < 1.29 is 9.53 Å². The highest BCUT2D eigenvalue weighted by Gasteiger charge is 2.38. The molecule has 0 saturated carbocycles.